The minimum atomic E-state index is -0.232. The first-order valence-corrected chi connectivity index (χ1v) is 4.65. The molecule has 0 spiro atoms. The average molecular weight is 189 g/mol. The number of methoxy groups -OCH3 is 1. The van der Waals surface area contributed by atoms with Crippen molar-refractivity contribution in [2.45, 2.75) is 26.3 Å². The zero-order valence-corrected chi connectivity index (χ0v) is 8.63. The highest BCUT2D eigenvalue weighted by Gasteiger charge is 2.17. The number of hydrogen-bond acceptors (Lipinski definition) is 4. The second-order valence-corrected chi connectivity index (χ2v) is 2.64. The van der Waals surface area contributed by atoms with Crippen molar-refractivity contribution in [1.29, 1.82) is 0 Å². The summed E-state index contributed by atoms with van der Waals surface area (Å²) in [6.07, 6.45) is 0.656. The lowest BCUT2D eigenvalue weighted by Crippen LogP contribution is -2.38. The molecule has 0 saturated heterocycles. The molecule has 1 unspecified atom stereocenters. The Balaban J connectivity index is 3.83. The number of nitrogens with one attached hydrogen (secondary N) is 1. The largest absolute Gasteiger partial charge is 0.465 e. The highest BCUT2D eigenvalue weighted by Crippen LogP contribution is 1.96. The zero-order valence-electron chi connectivity index (χ0n) is 8.63. The van der Waals surface area contributed by atoms with Gasteiger partial charge in [-0.3, -0.25) is 4.79 Å². The van der Waals surface area contributed by atoms with Crippen LogP contribution in [-0.2, 0) is 14.3 Å². The van der Waals surface area contributed by atoms with Gasteiger partial charge in [0.25, 0.3) is 0 Å². The molecule has 4 heteroatoms. The summed E-state index contributed by atoms with van der Waals surface area (Å²) in [7, 11) is 1.62. The van der Waals surface area contributed by atoms with E-state index in [0.717, 1.165) is 6.54 Å². The maximum atomic E-state index is 11.3. The van der Waals surface area contributed by atoms with Crippen molar-refractivity contribution < 1.29 is 14.3 Å². The fourth-order valence-electron chi connectivity index (χ4n) is 1.03. The van der Waals surface area contributed by atoms with Crippen LogP contribution in [-0.4, -0.2) is 38.9 Å². The Labute approximate surface area is 79.6 Å². The molecule has 0 aromatic rings. The summed E-state index contributed by atoms with van der Waals surface area (Å²) in [6.45, 7) is 5.51. The summed E-state index contributed by atoms with van der Waals surface area (Å²) in [4.78, 5) is 11.3. The molecule has 0 aliphatic heterocycles. The Bertz CT molecular complexity index is 139. The number of carbonyl (C=O) groups is 1. The van der Waals surface area contributed by atoms with Crippen LogP contribution in [0.15, 0.2) is 0 Å². The van der Waals surface area contributed by atoms with Crippen LogP contribution < -0.4 is 5.32 Å². The topological polar surface area (TPSA) is 47.6 Å². The summed E-state index contributed by atoms with van der Waals surface area (Å²) in [5, 5.41) is 3.05. The van der Waals surface area contributed by atoms with Crippen molar-refractivity contribution in [1.82, 2.24) is 5.32 Å². The molecule has 0 aliphatic rings. The van der Waals surface area contributed by atoms with Gasteiger partial charge >= 0.3 is 5.97 Å². The molecular formula is C9H19NO3. The van der Waals surface area contributed by atoms with E-state index in [9.17, 15) is 4.79 Å². The maximum Gasteiger partial charge on any atom is 0.323 e. The van der Waals surface area contributed by atoms with E-state index >= 15 is 0 Å². The van der Waals surface area contributed by atoms with E-state index in [-0.39, 0.29) is 12.0 Å². The summed E-state index contributed by atoms with van der Waals surface area (Å²) < 4.78 is 9.80. The molecule has 0 aliphatic carbocycles. The maximum absolute atomic E-state index is 11.3. The fraction of sp³-hybridized carbons (Fsp3) is 0.889. The molecule has 1 N–H and O–H groups in total. The van der Waals surface area contributed by atoms with Gasteiger partial charge in [0.2, 0.25) is 0 Å². The highest BCUT2D eigenvalue weighted by atomic mass is 16.5. The van der Waals surface area contributed by atoms with E-state index in [2.05, 4.69) is 5.32 Å². The molecule has 0 rings (SSSR count). The summed E-state index contributed by atoms with van der Waals surface area (Å²) >= 11 is 0. The number of likely N-dealkylation sites (N-methyl/N-ethyl adjacent to an activating group) is 1. The molecule has 0 saturated carbocycles. The third-order valence-corrected chi connectivity index (χ3v) is 1.63. The second-order valence-electron chi connectivity index (χ2n) is 2.64. The van der Waals surface area contributed by atoms with Crippen LogP contribution >= 0.6 is 0 Å². The number of esters is 1. The Morgan fingerprint density at radius 2 is 2.15 bits per heavy atom. The van der Waals surface area contributed by atoms with E-state index in [0.29, 0.717) is 19.6 Å². The third-order valence-electron chi connectivity index (χ3n) is 1.63. The number of ether oxygens (including phenoxy) is 2. The average Bonchev–Trinajstić information content (AvgIpc) is 2.12. The quantitative estimate of drug-likeness (QED) is 0.595. The van der Waals surface area contributed by atoms with Crippen LogP contribution in [0.5, 0.6) is 0 Å². The molecule has 1 atom stereocenters. The van der Waals surface area contributed by atoms with E-state index < -0.39 is 0 Å². The first kappa shape index (κ1) is 12.4. The molecule has 0 radical (unpaired) electrons. The lowest BCUT2D eigenvalue weighted by molar-refractivity contribution is -0.146. The van der Waals surface area contributed by atoms with E-state index in [1.807, 2.05) is 6.92 Å². The smallest absolute Gasteiger partial charge is 0.323 e. The van der Waals surface area contributed by atoms with E-state index in [4.69, 9.17) is 9.47 Å². The molecule has 0 aromatic heterocycles. The summed E-state index contributed by atoms with van der Waals surface area (Å²) in [6, 6.07) is -0.232. The first-order valence-electron chi connectivity index (χ1n) is 4.65. The van der Waals surface area contributed by atoms with Crippen molar-refractivity contribution in [3.63, 3.8) is 0 Å². The lowest BCUT2D eigenvalue weighted by atomic mass is 10.2. The molecule has 4 nitrogen and oxygen atoms in total. The minimum Gasteiger partial charge on any atom is -0.465 e. The summed E-state index contributed by atoms with van der Waals surface area (Å²) in [5.41, 5.74) is 0. The molecule has 13 heavy (non-hydrogen) atoms. The van der Waals surface area contributed by atoms with Gasteiger partial charge in [0, 0.05) is 13.7 Å². The highest BCUT2D eigenvalue weighted by molar-refractivity contribution is 5.75. The van der Waals surface area contributed by atoms with Crippen molar-refractivity contribution in [3.05, 3.63) is 0 Å². The molecule has 0 fully saturated rings. The van der Waals surface area contributed by atoms with Gasteiger partial charge in [0.05, 0.1) is 6.61 Å². The first-order chi connectivity index (χ1) is 6.26. The second kappa shape index (κ2) is 8.01. The molecule has 78 valence electrons. The Morgan fingerprint density at radius 3 is 2.62 bits per heavy atom. The van der Waals surface area contributed by atoms with Gasteiger partial charge in [-0.25, -0.2) is 0 Å². The van der Waals surface area contributed by atoms with Crippen LogP contribution in [0.2, 0.25) is 0 Å². The van der Waals surface area contributed by atoms with Crippen LogP contribution in [0.3, 0.4) is 0 Å². The zero-order chi connectivity index (χ0) is 10.1. The Hall–Kier alpha value is -0.610. The van der Waals surface area contributed by atoms with Gasteiger partial charge in [0.1, 0.15) is 6.04 Å². The molecule has 0 heterocycles. The van der Waals surface area contributed by atoms with Crippen molar-refractivity contribution in [3.8, 4) is 0 Å². The number of rotatable bonds is 7. The predicted octanol–water partition coefficient (Wildman–Crippen LogP) is 0.564. The number of carbonyl (C=O) groups excluding carboxylic acids is 1. The standard InChI is InChI=1S/C9H19NO3/c1-4-10-8(6-7-12-3)9(11)13-5-2/h8,10H,4-7H2,1-3H3. The van der Waals surface area contributed by atoms with Crippen LogP contribution in [0.1, 0.15) is 20.3 Å². The molecule has 0 amide bonds. The fourth-order valence-corrected chi connectivity index (χ4v) is 1.03. The van der Waals surface area contributed by atoms with Crippen molar-refractivity contribution >= 4 is 5.97 Å². The van der Waals surface area contributed by atoms with Crippen molar-refractivity contribution in [2.75, 3.05) is 26.9 Å². The van der Waals surface area contributed by atoms with Crippen LogP contribution in [0.4, 0.5) is 0 Å². The van der Waals surface area contributed by atoms with Crippen molar-refractivity contribution in [2.24, 2.45) is 0 Å². The predicted molar refractivity (Wildman–Crippen MR) is 50.6 cm³/mol. The monoisotopic (exact) mass is 189 g/mol. The molecular weight excluding hydrogens is 170 g/mol. The van der Waals surface area contributed by atoms with Gasteiger partial charge in [-0.15, -0.1) is 0 Å². The summed E-state index contributed by atoms with van der Waals surface area (Å²) in [5.74, 6) is -0.193. The van der Waals surface area contributed by atoms with Gasteiger partial charge in [-0.1, -0.05) is 6.92 Å². The van der Waals surface area contributed by atoms with Gasteiger partial charge in [0.15, 0.2) is 0 Å². The normalized spacial score (nSPS) is 12.5. The molecule has 0 bridgehead atoms. The van der Waals surface area contributed by atoms with E-state index in [1.165, 1.54) is 0 Å². The van der Waals surface area contributed by atoms with Gasteiger partial charge in [-0.2, -0.15) is 0 Å². The van der Waals surface area contributed by atoms with Gasteiger partial charge in [-0.05, 0) is 19.9 Å². The molecule has 0 aromatic carbocycles. The van der Waals surface area contributed by atoms with Gasteiger partial charge < -0.3 is 14.8 Å². The SMILES string of the molecule is CCNC(CCOC)C(=O)OCC. The number of hydrogen-bond donors (Lipinski definition) is 1. The van der Waals surface area contributed by atoms with Crippen LogP contribution in [0.25, 0.3) is 0 Å². The Kier molecular flexibility index (Phi) is 7.63. The van der Waals surface area contributed by atoms with Crippen LogP contribution in [0, 0.1) is 0 Å². The third kappa shape index (κ3) is 5.60. The lowest BCUT2D eigenvalue weighted by Gasteiger charge is -2.15. The minimum absolute atomic E-state index is 0.193. The van der Waals surface area contributed by atoms with E-state index in [1.54, 1.807) is 14.0 Å². The Morgan fingerprint density at radius 1 is 1.46 bits per heavy atom.